The lowest BCUT2D eigenvalue weighted by atomic mass is 9.57. The quantitative estimate of drug-likeness (QED) is 0.363. The van der Waals surface area contributed by atoms with Crippen LogP contribution >= 0.6 is 35.6 Å². The number of hydrogen-bond acceptors (Lipinski definition) is 4. The van der Waals surface area contributed by atoms with Crippen molar-refractivity contribution >= 4 is 47.4 Å². The summed E-state index contributed by atoms with van der Waals surface area (Å²) in [4.78, 5) is 11.4. The van der Waals surface area contributed by atoms with Crippen LogP contribution in [-0.4, -0.2) is 55.4 Å². The van der Waals surface area contributed by atoms with Gasteiger partial charge in [0.25, 0.3) is 0 Å². The van der Waals surface area contributed by atoms with Crippen LogP contribution in [0.25, 0.3) is 0 Å². The first kappa shape index (κ1) is 21.9. The molecule has 0 spiro atoms. The summed E-state index contributed by atoms with van der Waals surface area (Å²) < 4.78 is 5.92. The zero-order valence-electron chi connectivity index (χ0n) is 16.8. The van der Waals surface area contributed by atoms with E-state index in [2.05, 4.69) is 41.3 Å². The summed E-state index contributed by atoms with van der Waals surface area (Å²) in [5.41, 5.74) is 0.139. The van der Waals surface area contributed by atoms with Gasteiger partial charge in [-0.25, -0.2) is 4.98 Å². The number of halogens is 2. The monoisotopic (exact) mass is 519 g/mol. The number of guanidine groups is 1. The fraction of sp³-hybridized carbons (Fsp3) is 0.700. The van der Waals surface area contributed by atoms with E-state index in [-0.39, 0.29) is 29.4 Å². The van der Waals surface area contributed by atoms with Crippen molar-refractivity contribution < 1.29 is 4.74 Å². The van der Waals surface area contributed by atoms with Gasteiger partial charge >= 0.3 is 0 Å². The Kier molecular flexibility index (Phi) is 6.97. The Morgan fingerprint density at radius 1 is 1.39 bits per heavy atom. The van der Waals surface area contributed by atoms with Crippen LogP contribution in [-0.2, 0) is 4.74 Å². The molecule has 0 aromatic carbocycles. The van der Waals surface area contributed by atoms with Crippen molar-refractivity contribution in [2.75, 3.05) is 31.1 Å². The lowest BCUT2D eigenvalue weighted by Gasteiger charge is -2.55. The fourth-order valence-electron chi connectivity index (χ4n) is 4.93. The molecule has 28 heavy (non-hydrogen) atoms. The standard InChI is InChI=1S/C20H30ClN5O.HI/c1-4-22-19(25-16-14-8-11-27-17(14)20(16,2)3)24-13-7-10-26(12-13)18-15(21)6-5-9-23-18;/h5-6,9,13-14,16-17H,4,7-8,10-12H2,1-3H3,(H2,22,24,25);1H. The van der Waals surface area contributed by atoms with Crippen molar-refractivity contribution in [1.29, 1.82) is 0 Å². The molecule has 3 fully saturated rings. The highest BCUT2D eigenvalue weighted by Crippen LogP contribution is 2.52. The Balaban J connectivity index is 0.00000225. The number of rotatable bonds is 4. The van der Waals surface area contributed by atoms with Crippen molar-refractivity contribution in [2.24, 2.45) is 16.3 Å². The van der Waals surface area contributed by atoms with E-state index in [4.69, 9.17) is 21.3 Å². The first-order valence-electron chi connectivity index (χ1n) is 10.0. The van der Waals surface area contributed by atoms with Crippen molar-refractivity contribution in [3.8, 4) is 0 Å². The number of pyridine rings is 1. The van der Waals surface area contributed by atoms with Gasteiger partial charge < -0.3 is 20.3 Å². The van der Waals surface area contributed by atoms with Crippen LogP contribution in [0.1, 0.15) is 33.6 Å². The lowest BCUT2D eigenvalue weighted by molar-refractivity contribution is -0.106. The molecule has 4 atom stereocenters. The summed E-state index contributed by atoms with van der Waals surface area (Å²) >= 11 is 6.31. The molecule has 8 heteroatoms. The number of anilines is 1. The molecule has 0 radical (unpaired) electrons. The highest BCUT2D eigenvalue weighted by Gasteiger charge is 2.59. The van der Waals surface area contributed by atoms with Gasteiger partial charge in [-0.05, 0) is 31.9 Å². The van der Waals surface area contributed by atoms with Gasteiger partial charge in [-0.2, -0.15) is 0 Å². The van der Waals surface area contributed by atoms with Crippen LogP contribution in [0.15, 0.2) is 23.3 Å². The lowest BCUT2D eigenvalue weighted by Crippen LogP contribution is -2.68. The molecule has 3 aliphatic rings. The largest absolute Gasteiger partial charge is 0.377 e. The van der Waals surface area contributed by atoms with Crippen molar-refractivity contribution in [2.45, 2.75) is 51.8 Å². The van der Waals surface area contributed by atoms with Crippen LogP contribution in [0.2, 0.25) is 5.02 Å². The smallest absolute Gasteiger partial charge is 0.191 e. The van der Waals surface area contributed by atoms with E-state index in [1.54, 1.807) is 6.20 Å². The van der Waals surface area contributed by atoms with Gasteiger partial charge in [-0.15, -0.1) is 24.0 Å². The third kappa shape index (κ3) is 4.07. The summed E-state index contributed by atoms with van der Waals surface area (Å²) in [6, 6.07) is 4.51. The minimum absolute atomic E-state index is 0. The minimum atomic E-state index is 0. The van der Waals surface area contributed by atoms with Gasteiger partial charge in [0.2, 0.25) is 0 Å². The molecule has 6 nitrogen and oxygen atoms in total. The van der Waals surface area contributed by atoms with Gasteiger partial charge in [-0.3, -0.25) is 4.99 Å². The van der Waals surface area contributed by atoms with Gasteiger partial charge in [0.1, 0.15) is 5.82 Å². The SMILES string of the molecule is CCN=C(NC1CCN(c2ncccc2Cl)C1)NC1C2CCOC2C1(C)C.I. The normalized spacial score (nSPS) is 31.0. The predicted molar refractivity (Wildman–Crippen MR) is 125 cm³/mol. The number of hydrogen-bond donors (Lipinski definition) is 2. The highest BCUT2D eigenvalue weighted by molar-refractivity contribution is 14.0. The number of ether oxygens (including phenoxy) is 1. The van der Waals surface area contributed by atoms with Crippen LogP contribution < -0.4 is 15.5 Å². The molecular formula is C20H31ClIN5O. The average Bonchev–Trinajstić information content (AvgIpc) is 3.28. The number of nitrogens with one attached hydrogen (secondary N) is 2. The van der Waals surface area contributed by atoms with Crippen molar-refractivity contribution in [3.63, 3.8) is 0 Å². The Hall–Kier alpha value is -0.800. The number of fused-ring (bicyclic) bond motifs is 1. The first-order valence-corrected chi connectivity index (χ1v) is 10.4. The molecule has 1 aromatic rings. The topological polar surface area (TPSA) is 61.8 Å². The van der Waals surface area contributed by atoms with Gasteiger partial charge in [0.05, 0.1) is 11.1 Å². The van der Waals surface area contributed by atoms with Crippen molar-refractivity contribution in [3.05, 3.63) is 23.4 Å². The average molecular weight is 520 g/mol. The fourth-order valence-corrected chi connectivity index (χ4v) is 5.17. The molecule has 3 heterocycles. The van der Waals surface area contributed by atoms with Crippen LogP contribution in [0.5, 0.6) is 0 Å². The summed E-state index contributed by atoms with van der Waals surface area (Å²) in [6.45, 7) is 10.1. The highest BCUT2D eigenvalue weighted by atomic mass is 127. The molecule has 0 amide bonds. The second-order valence-electron chi connectivity index (χ2n) is 8.40. The third-order valence-corrected chi connectivity index (χ3v) is 6.57. The Morgan fingerprint density at radius 3 is 2.96 bits per heavy atom. The van der Waals surface area contributed by atoms with Gasteiger partial charge in [0.15, 0.2) is 5.96 Å². The number of aliphatic imine (C=N–C) groups is 1. The zero-order chi connectivity index (χ0) is 19.0. The maximum Gasteiger partial charge on any atom is 0.191 e. The molecular weight excluding hydrogens is 489 g/mol. The van der Waals surface area contributed by atoms with E-state index in [9.17, 15) is 0 Å². The molecule has 0 bridgehead atoms. The molecule has 1 aromatic heterocycles. The van der Waals surface area contributed by atoms with Crippen LogP contribution in [0.3, 0.4) is 0 Å². The van der Waals surface area contributed by atoms with Crippen LogP contribution in [0.4, 0.5) is 5.82 Å². The Labute approximate surface area is 189 Å². The van der Waals surface area contributed by atoms with Gasteiger partial charge in [0, 0.05) is 55.9 Å². The first-order chi connectivity index (χ1) is 13.0. The number of aromatic nitrogens is 1. The minimum Gasteiger partial charge on any atom is -0.377 e. The molecule has 2 N–H and O–H groups in total. The van der Waals surface area contributed by atoms with Gasteiger partial charge in [-0.1, -0.05) is 25.4 Å². The summed E-state index contributed by atoms with van der Waals surface area (Å²) in [5, 5.41) is 8.06. The summed E-state index contributed by atoms with van der Waals surface area (Å²) in [7, 11) is 0. The van der Waals surface area contributed by atoms with E-state index < -0.39 is 0 Å². The molecule has 1 saturated carbocycles. The van der Waals surface area contributed by atoms with Crippen LogP contribution in [0, 0.1) is 11.3 Å². The molecule has 2 saturated heterocycles. The summed E-state index contributed by atoms with van der Waals surface area (Å²) in [5.74, 6) is 2.38. The molecule has 1 aliphatic carbocycles. The Bertz CT molecular complexity index is 716. The predicted octanol–water partition coefficient (Wildman–Crippen LogP) is 3.30. The van der Waals surface area contributed by atoms with E-state index in [0.29, 0.717) is 29.1 Å². The zero-order valence-corrected chi connectivity index (χ0v) is 19.9. The molecule has 2 aliphatic heterocycles. The Morgan fingerprint density at radius 2 is 2.21 bits per heavy atom. The second-order valence-corrected chi connectivity index (χ2v) is 8.80. The molecule has 4 unspecified atom stereocenters. The third-order valence-electron chi connectivity index (χ3n) is 6.28. The summed E-state index contributed by atoms with van der Waals surface area (Å²) in [6.07, 6.45) is 4.36. The number of nitrogens with zero attached hydrogens (tertiary/aromatic N) is 3. The van der Waals surface area contributed by atoms with E-state index in [1.807, 2.05) is 12.1 Å². The maximum atomic E-state index is 6.31. The molecule has 4 rings (SSSR count). The van der Waals surface area contributed by atoms with E-state index in [0.717, 1.165) is 50.9 Å². The van der Waals surface area contributed by atoms with Crippen molar-refractivity contribution in [1.82, 2.24) is 15.6 Å². The van der Waals surface area contributed by atoms with E-state index >= 15 is 0 Å². The maximum absolute atomic E-state index is 6.31. The van der Waals surface area contributed by atoms with E-state index in [1.165, 1.54) is 0 Å². The molecule has 156 valence electrons. The second kappa shape index (κ2) is 8.92.